The van der Waals surface area contributed by atoms with Gasteiger partial charge in [0.1, 0.15) is 24.2 Å². The smallest absolute Gasteiger partial charge is 0.325 e. The highest BCUT2D eigenvalue weighted by Crippen LogP contribution is 2.30. The Bertz CT molecular complexity index is 1020. The van der Waals surface area contributed by atoms with E-state index in [2.05, 4.69) is 27.8 Å². The van der Waals surface area contributed by atoms with Crippen LogP contribution < -0.4 is 21.3 Å². The van der Waals surface area contributed by atoms with Gasteiger partial charge in [0.15, 0.2) is 0 Å². The second-order valence-corrected chi connectivity index (χ2v) is 12.7. The first-order chi connectivity index (χ1) is 20.3. The Labute approximate surface area is 255 Å². The number of carbonyl (C=O) groups is 6. The number of hydrogen-bond acceptors (Lipinski definition) is 7. The van der Waals surface area contributed by atoms with Gasteiger partial charge in [0.2, 0.25) is 17.6 Å². The zero-order valence-corrected chi connectivity index (χ0v) is 26.5. The van der Waals surface area contributed by atoms with Crippen molar-refractivity contribution in [2.75, 3.05) is 19.6 Å². The maximum Gasteiger partial charge on any atom is 0.325 e. The molecule has 0 spiro atoms. The maximum atomic E-state index is 14.1. The molecule has 242 valence electrons. The normalized spacial score (nSPS) is 20.3. The van der Waals surface area contributed by atoms with Gasteiger partial charge in [0, 0.05) is 13.1 Å². The summed E-state index contributed by atoms with van der Waals surface area (Å²) in [5.74, 6) is -3.12. The predicted octanol–water partition coefficient (Wildman–Crippen LogP) is 2.36. The Hall–Kier alpha value is -3.44. The van der Waals surface area contributed by atoms with Gasteiger partial charge in [-0.2, -0.15) is 0 Å². The van der Waals surface area contributed by atoms with E-state index in [1.54, 1.807) is 20.8 Å². The van der Waals surface area contributed by atoms with Crippen molar-refractivity contribution >= 4 is 35.5 Å². The van der Waals surface area contributed by atoms with Crippen molar-refractivity contribution in [1.29, 1.82) is 0 Å². The van der Waals surface area contributed by atoms with Crippen molar-refractivity contribution in [3.05, 3.63) is 12.7 Å². The molecule has 4 atom stereocenters. The van der Waals surface area contributed by atoms with Crippen LogP contribution in [-0.2, 0) is 28.7 Å². The van der Waals surface area contributed by atoms with Crippen molar-refractivity contribution in [2.24, 2.45) is 11.8 Å². The molecule has 12 heteroatoms. The van der Waals surface area contributed by atoms with E-state index >= 15 is 0 Å². The highest BCUT2D eigenvalue weighted by molar-refractivity contribution is 6.38. The fraction of sp³-hybridized carbons (Fsp3) is 0.742. The molecule has 0 bridgehead atoms. The number of unbranched alkanes of at least 4 members (excludes halogenated alkanes) is 1. The Morgan fingerprint density at radius 1 is 1.02 bits per heavy atom. The molecule has 12 nitrogen and oxygen atoms in total. The Morgan fingerprint density at radius 2 is 1.70 bits per heavy atom. The fourth-order valence-electron chi connectivity index (χ4n) is 5.64. The van der Waals surface area contributed by atoms with Gasteiger partial charge in [-0.15, -0.1) is 6.58 Å². The largest absolute Gasteiger partial charge is 0.459 e. The number of urea groups is 1. The van der Waals surface area contributed by atoms with Crippen LogP contribution in [0.15, 0.2) is 12.7 Å². The monoisotopic (exact) mass is 605 g/mol. The molecule has 1 aliphatic carbocycles. The fourth-order valence-corrected chi connectivity index (χ4v) is 5.64. The summed E-state index contributed by atoms with van der Waals surface area (Å²) < 4.78 is 5.24. The average Bonchev–Trinajstić information content (AvgIpc) is 3.36. The number of likely N-dealkylation sites (tertiary alicyclic amines) is 1. The number of ketones is 1. The van der Waals surface area contributed by atoms with E-state index in [0.717, 1.165) is 38.5 Å². The molecule has 43 heavy (non-hydrogen) atoms. The van der Waals surface area contributed by atoms with Crippen LogP contribution in [-0.4, -0.2) is 83.8 Å². The van der Waals surface area contributed by atoms with Crippen LogP contribution in [0.3, 0.4) is 0 Å². The van der Waals surface area contributed by atoms with E-state index in [1.165, 1.54) is 11.0 Å². The molecule has 3 unspecified atom stereocenters. The van der Waals surface area contributed by atoms with Gasteiger partial charge >= 0.3 is 12.0 Å². The van der Waals surface area contributed by atoms with E-state index < -0.39 is 53.3 Å². The molecule has 0 radical (unpaired) electrons. The molecular weight excluding hydrogens is 554 g/mol. The maximum absolute atomic E-state index is 14.1. The second kappa shape index (κ2) is 17.0. The molecule has 1 heterocycles. The summed E-state index contributed by atoms with van der Waals surface area (Å²) in [4.78, 5) is 79.3. The predicted molar refractivity (Wildman–Crippen MR) is 162 cm³/mol. The average molecular weight is 606 g/mol. The third kappa shape index (κ3) is 11.6. The lowest BCUT2D eigenvalue weighted by atomic mass is 9.83. The highest BCUT2D eigenvalue weighted by atomic mass is 16.6. The second-order valence-electron chi connectivity index (χ2n) is 12.7. The van der Waals surface area contributed by atoms with E-state index in [4.69, 9.17) is 4.74 Å². The number of ether oxygens (including phenoxy) is 1. The molecular formula is C31H51N5O7. The van der Waals surface area contributed by atoms with Crippen LogP contribution in [0.25, 0.3) is 0 Å². The van der Waals surface area contributed by atoms with Gasteiger partial charge in [-0.05, 0) is 58.3 Å². The zero-order valence-electron chi connectivity index (χ0n) is 26.5. The molecule has 2 rings (SSSR count). The molecule has 2 fully saturated rings. The number of nitrogens with zero attached hydrogens (tertiary/aromatic N) is 1. The summed E-state index contributed by atoms with van der Waals surface area (Å²) in [5, 5.41) is 10.5. The van der Waals surface area contributed by atoms with Crippen molar-refractivity contribution < 1.29 is 33.5 Å². The van der Waals surface area contributed by atoms with Crippen molar-refractivity contribution in [3.63, 3.8) is 0 Å². The molecule has 0 aromatic carbocycles. The lowest BCUT2D eigenvalue weighted by Gasteiger charge is -2.35. The minimum Gasteiger partial charge on any atom is -0.459 e. The number of Topliss-reactive ketones (excluding diaryl/α,β-unsaturated/α-hetero) is 1. The van der Waals surface area contributed by atoms with Crippen molar-refractivity contribution in [2.45, 2.75) is 116 Å². The van der Waals surface area contributed by atoms with Crippen molar-refractivity contribution in [1.82, 2.24) is 26.2 Å². The minimum absolute atomic E-state index is 0.00776. The van der Waals surface area contributed by atoms with Gasteiger partial charge in [-0.25, -0.2) is 4.79 Å². The summed E-state index contributed by atoms with van der Waals surface area (Å²) in [5.41, 5.74) is -0.701. The van der Waals surface area contributed by atoms with Gasteiger partial charge in [0.25, 0.3) is 5.91 Å². The van der Waals surface area contributed by atoms with E-state index in [9.17, 15) is 28.8 Å². The van der Waals surface area contributed by atoms with Crippen LogP contribution in [0.5, 0.6) is 0 Å². The van der Waals surface area contributed by atoms with Crippen LogP contribution in [0.2, 0.25) is 0 Å². The molecule has 1 saturated heterocycles. The lowest BCUT2D eigenvalue weighted by molar-refractivity contribution is -0.153. The van der Waals surface area contributed by atoms with Crippen LogP contribution in [0.4, 0.5) is 4.79 Å². The summed E-state index contributed by atoms with van der Waals surface area (Å²) >= 11 is 0. The molecule has 1 aliphatic heterocycles. The first-order valence-electron chi connectivity index (χ1n) is 15.6. The first kappa shape index (κ1) is 35.8. The minimum atomic E-state index is -1.02. The van der Waals surface area contributed by atoms with E-state index in [1.807, 2.05) is 13.8 Å². The quantitative estimate of drug-likeness (QED) is 0.134. The molecule has 4 N–H and O–H groups in total. The number of hydrogen-bond donors (Lipinski definition) is 4. The van der Waals surface area contributed by atoms with Crippen molar-refractivity contribution in [3.8, 4) is 0 Å². The van der Waals surface area contributed by atoms with Gasteiger partial charge < -0.3 is 30.9 Å². The number of rotatable bonds is 14. The molecule has 1 saturated carbocycles. The molecule has 2 aliphatic rings. The standard InChI is InChI=1S/C31H51N5O7/c1-7-9-15-22(26(38)28(40)32-16-8-2)34-27(39)23-17-20(3)19-36(23)29(41)25(21-13-11-10-12-14-21)35-30(42)33-18-24(37)43-31(4,5)6/h8,20-23,25H,2,7,9-19H2,1,3-6H3,(H,32,40)(H,34,39)(H2,33,35,42)/t20?,22?,23-,25?/m0/s1. The number of nitrogens with one attached hydrogen (secondary N) is 4. The first-order valence-corrected chi connectivity index (χ1v) is 15.6. The van der Waals surface area contributed by atoms with Crippen LogP contribution in [0.1, 0.15) is 92.4 Å². The number of esters is 1. The SMILES string of the molecule is C=CCNC(=O)C(=O)C(CCCC)NC(=O)[C@@H]1CC(C)CN1C(=O)C(NC(=O)NCC(=O)OC(C)(C)C)C1CCCCC1. The highest BCUT2D eigenvalue weighted by Gasteiger charge is 2.43. The zero-order chi connectivity index (χ0) is 32.2. The summed E-state index contributed by atoms with van der Waals surface area (Å²) in [6.45, 7) is 12.7. The van der Waals surface area contributed by atoms with Gasteiger partial charge in [-0.1, -0.05) is 52.0 Å². The van der Waals surface area contributed by atoms with E-state index in [0.29, 0.717) is 25.8 Å². The Morgan fingerprint density at radius 3 is 2.30 bits per heavy atom. The van der Waals surface area contributed by atoms with Crippen LogP contribution in [0, 0.1) is 11.8 Å². The third-order valence-corrected chi connectivity index (χ3v) is 7.69. The van der Waals surface area contributed by atoms with E-state index in [-0.39, 0.29) is 30.8 Å². The third-order valence-electron chi connectivity index (χ3n) is 7.69. The number of amides is 5. The van der Waals surface area contributed by atoms with Gasteiger partial charge in [0.05, 0.1) is 6.04 Å². The summed E-state index contributed by atoms with van der Waals surface area (Å²) in [6.07, 6.45) is 7.92. The molecule has 0 aromatic heterocycles. The van der Waals surface area contributed by atoms with Crippen LogP contribution >= 0.6 is 0 Å². The summed E-state index contributed by atoms with van der Waals surface area (Å²) in [6, 6.07) is -3.43. The Kier molecular flexibility index (Phi) is 14.1. The lowest BCUT2D eigenvalue weighted by Crippen LogP contribution is -2.59. The molecule has 0 aromatic rings. The summed E-state index contributed by atoms with van der Waals surface area (Å²) in [7, 11) is 0. The topological polar surface area (TPSA) is 163 Å². The Balaban J connectivity index is 2.19. The number of carbonyl (C=O) groups excluding carboxylic acids is 6. The molecule has 5 amide bonds. The van der Waals surface area contributed by atoms with Gasteiger partial charge in [-0.3, -0.25) is 24.0 Å².